The summed E-state index contributed by atoms with van der Waals surface area (Å²) in [5.74, 6) is 2.23. The summed E-state index contributed by atoms with van der Waals surface area (Å²) >= 11 is 3.01. The first-order valence-corrected chi connectivity index (χ1v) is 9.09. The van der Waals surface area contributed by atoms with E-state index in [0.29, 0.717) is 10.9 Å². The van der Waals surface area contributed by atoms with Gasteiger partial charge in [-0.3, -0.25) is 9.69 Å². The van der Waals surface area contributed by atoms with Crippen LogP contribution in [0.1, 0.15) is 18.4 Å². The molecule has 0 aliphatic heterocycles. The van der Waals surface area contributed by atoms with Crippen molar-refractivity contribution in [1.29, 1.82) is 0 Å². The van der Waals surface area contributed by atoms with Crippen LogP contribution in [0.2, 0.25) is 0 Å². The number of nitrogens with zero attached hydrogens (tertiary/aromatic N) is 5. The van der Waals surface area contributed by atoms with Gasteiger partial charge in [0.2, 0.25) is 5.91 Å². The van der Waals surface area contributed by atoms with Crippen molar-refractivity contribution < 1.29 is 9.21 Å². The molecule has 24 heavy (non-hydrogen) atoms. The lowest BCUT2D eigenvalue weighted by Gasteiger charge is -2.09. The molecule has 0 fully saturated rings. The summed E-state index contributed by atoms with van der Waals surface area (Å²) in [7, 11) is 3.65. The number of hydrogen-bond acceptors (Lipinski definition) is 7. The van der Waals surface area contributed by atoms with Crippen LogP contribution in [0, 0.1) is 6.92 Å². The van der Waals surface area contributed by atoms with E-state index in [1.807, 2.05) is 30.0 Å². The number of amides is 1. The third-order valence-corrected chi connectivity index (χ3v) is 5.60. The van der Waals surface area contributed by atoms with Gasteiger partial charge in [0.15, 0.2) is 16.1 Å². The lowest BCUT2D eigenvalue weighted by molar-refractivity contribution is -0.116. The Bertz CT molecular complexity index is 867. The highest BCUT2D eigenvalue weighted by atomic mass is 32.2. The molecule has 0 atom stereocenters. The summed E-state index contributed by atoms with van der Waals surface area (Å²) in [6, 6.07) is 1.89. The predicted molar refractivity (Wildman–Crippen MR) is 94.2 cm³/mol. The third kappa shape index (κ3) is 3.22. The van der Waals surface area contributed by atoms with E-state index in [1.54, 1.807) is 30.0 Å². The molecule has 0 spiro atoms. The first-order chi connectivity index (χ1) is 11.5. The topological polar surface area (TPSA) is 77.1 Å². The van der Waals surface area contributed by atoms with Gasteiger partial charge < -0.3 is 8.98 Å². The van der Waals surface area contributed by atoms with Gasteiger partial charge in [0.1, 0.15) is 5.76 Å². The molecule has 1 amide bonds. The van der Waals surface area contributed by atoms with E-state index < -0.39 is 0 Å². The summed E-state index contributed by atoms with van der Waals surface area (Å²) in [4.78, 5) is 17.4. The van der Waals surface area contributed by atoms with Crippen LogP contribution in [0.4, 0.5) is 5.13 Å². The smallest absolute Gasteiger partial charge is 0.225 e. The number of aryl methyl sites for hydroxylation is 1. The maximum absolute atomic E-state index is 11.4. The van der Waals surface area contributed by atoms with Gasteiger partial charge in [-0.2, -0.15) is 0 Å². The summed E-state index contributed by atoms with van der Waals surface area (Å²) in [6.45, 7) is 3.42. The monoisotopic (exact) mass is 363 g/mol. The molecule has 3 heterocycles. The molecule has 0 saturated heterocycles. The largest absolute Gasteiger partial charge is 0.469 e. The van der Waals surface area contributed by atoms with Crippen LogP contribution in [0.15, 0.2) is 27.3 Å². The minimum Gasteiger partial charge on any atom is -0.469 e. The SMILES string of the molecule is CC(=O)N(C)c1nc(CSc2nnc(-c3ccoc3C)n2C)cs1. The average molecular weight is 363 g/mol. The number of hydrogen-bond donors (Lipinski definition) is 0. The molecule has 0 radical (unpaired) electrons. The molecule has 7 nitrogen and oxygen atoms in total. The van der Waals surface area contributed by atoms with Gasteiger partial charge in [0, 0.05) is 32.2 Å². The Morgan fingerprint density at radius 1 is 1.46 bits per heavy atom. The molecule has 3 rings (SSSR count). The van der Waals surface area contributed by atoms with Gasteiger partial charge >= 0.3 is 0 Å². The summed E-state index contributed by atoms with van der Waals surface area (Å²) < 4.78 is 7.27. The van der Waals surface area contributed by atoms with E-state index in [0.717, 1.165) is 28.0 Å². The van der Waals surface area contributed by atoms with Crippen molar-refractivity contribution >= 4 is 34.1 Å². The second-order valence-electron chi connectivity index (χ2n) is 5.24. The van der Waals surface area contributed by atoms with Crippen molar-refractivity contribution in [2.24, 2.45) is 7.05 Å². The first-order valence-electron chi connectivity index (χ1n) is 7.22. The minimum atomic E-state index is -0.0306. The minimum absolute atomic E-state index is 0.0306. The van der Waals surface area contributed by atoms with Crippen LogP contribution >= 0.6 is 23.1 Å². The van der Waals surface area contributed by atoms with Crippen LogP contribution in [-0.2, 0) is 17.6 Å². The summed E-state index contributed by atoms with van der Waals surface area (Å²) in [5, 5.41) is 12.0. The zero-order chi connectivity index (χ0) is 17.3. The number of furan rings is 1. The first kappa shape index (κ1) is 16.7. The molecule has 3 aromatic rings. The number of rotatable bonds is 5. The lowest BCUT2D eigenvalue weighted by atomic mass is 10.2. The van der Waals surface area contributed by atoms with Crippen molar-refractivity contribution in [3.05, 3.63) is 29.2 Å². The Labute approximate surface area is 147 Å². The summed E-state index contributed by atoms with van der Waals surface area (Å²) in [6.07, 6.45) is 1.65. The molecule has 126 valence electrons. The standard InChI is InChI=1S/C15H17N5O2S2/c1-9-12(5-6-22-9)13-17-18-15(20(13)4)24-8-11-7-23-14(16-11)19(3)10(2)21/h5-7H,8H2,1-4H3. The molecule has 9 heteroatoms. The van der Waals surface area contributed by atoms with Gasteiger partial charge in [-0.15, -0.1) is 21.5 Å². The molecule has 0 bridgehead atoms. The highest BCUT2D eigenvalue weighted by molar-refractivity contribution is 7.98. The average Bonchev–Trinajstić information content (AvgIpc) is 3.25. The Kier molecular flexibility index (Phi) is 4.72. The molecule has 0 aliphatic rings. The van der Waals surface area contributed by atoms with Gasteiger partial charge in [0.25, 0.3) is 0 Å². The van der Waals surface area contributed by atoms with Gasteiger partial charge in [-0.05, 0) is 13.0 Å². The zero-order valence-electron chi connectivity index (χ0n) is 13.8. The van der Waals surface area contributed by atoms with Gasteiger partial charge in [-0.25, -0.2) is 4.98 Å². The highest BCUT2D eigenvalue weighted by Crippen LogP contribution is 2.28. The zero-order valence-corrected chi connectivity index (χ0v) is 15.4. The molecule has 0 aliphatic carbocycles. The van der Waals surface area contributed by atoms with Crippen LogP contribution in [0.5, 0.6) is 0 Å². The molecule has 0 N–H and O–H groups in total. The normalized spacial score (nSPS) is 11.0. The predicted octanol–water partition coefficient (Wildman–Crippen LogP) is 3.12. The molecule has 0 saturated carbocycles. The quantitative estimate of drug-likeness (QED) is 0.648. The molecule has 0 unspecified atom stereocenters. The Balaban J connectivity index is 1.71. The van der Waals surface area contributed by atoms with Crippen molar-refractivity contribution in [2.75, 3.05) is 11.9 Å². The number of carbonyl (C=O) groups excluding carboxylic acids is 1. The fourth-order valence-corrected chi connectivity index (χ4v) is 3.83. The Morgan fingerprint density at radius 2 is 2.25 bits per heavy atom. The van der Waals surface area contributed by atoms with Crippen molar-refractivity contribution in [3.8, 4) is 11.4 Å². The maximum Gasteiger partial charge on any atom is 0.225 e. The fraction of sp³-hybridized carbons (Fsp3) is 0.333. The van der Waals surface area contributed by atoms with Gasteiger partial charge in [-0.1, -0.05) is 11.8 Å². The number of thioether (sulfide) groups is 1. The molecular formula is C15H17N5O2S2. The number of carbonyl (C=O) groups is 1. The Morgan fingerprint density at radius 3 is 2.92 bits per heavy atom. The van der Waals surface area contributed by atoms with E-state index in [1.165, 1.54) is 18.3 Å². The van der Waals surface area contributed by atoms with Crippen molar-refractivity contribution in [1.82, 2.24) is 19.7 Å². The molecule has 3 aromatic heterocycles. The molecule has 0 aromatic carbocycles. The van der Waals surface area contributed by atoms with Crippen LogP contribution in [-0.4, -0.2) is 32.7 Å². The van der Waals surface area contributed by atoms with Crippen molar-refractivity contribution in [2.45, 2.75) is 24.8 Å². The van der Waals surface area contributed by atoms with E-state index in [9.17, 15) is 4.79 Å². The van der Waals surface area contributed by atoms with E-state index in [-0.39, 0.29) is 5.91 Å². The maximum atomic E-state index is 11.4. The van der Waals surface area contributed by atoms with Crippen molar-refractivity contribution in [3.63, 3.8) is 0 Å². The van der Waals surface area contributed by atoms with E-state index in [2.05, 4.69) is 15.2 Å². The van der Waals surface area contributed by atoms with Crippen LogP contribution < -0.4 is 4.90 Å². The molecular weight excluding hydrogens is 346 g/mol. The Hall–Kier alpha value is -2.13. The third-order valence-electron chi connectivity index (χ3n) is 3.58. The summed E-state index contributed by atoms with van der Waals surface area (Å²) in [5.41, 5.74) is 1.85. The van der Waals surface area contributed by atoms with Crippen LogP contribution in [0.3, 0.4) is 0 Å². The van der Waals surface area contributed by atoms with E-state index in [4.69, 9.17) is 4.42 Å². The second kappa shape index (κ2) is 6.78. The highest BCUT2D eigenvalue weighted by Gasteiger charge is 2.16. The number of anilines is 1. The fourth-order valence-electron chi connectivity index (χ4n) is 2.08. The lowest BCUT2D eigenvalue weighted by Crippen LogP contribution is -2.22. The van der Waals surface area contributed by atoms with Crippen LogP contribution in [0.25, 0.3) is 11.4 Å². The van der Waals surface area contributed by atoms with E-state index >= 15 is 0 Å². The number of aromatic nitrogens is 4. The number of thiazole rings is 1. The second-order valence-corrected chi connectivity index (χ2v) is 7.02. The van der Waals surface area contributed by atoms with Gasteiger partial charge in [0.05, 0.1) is 17.5 Å².